The van der Waals surface area contributed by atoms with Gasteiger partial charge in [0.15, 0.2) is 5.78 Å². The van der Waals surface area contributed by atoms with Crippen molar-refractivity contribution in [3.8, 4) is 0 Å². The van der Waals surface area contributed by atoms with Crippen molar-refractivity contribution >= 4 is 17.7 Å². The summed E-state index contributed by atoms with van der Waals surface area (Å²) < 4.78 is 14.0. The third-order valence-corrected chi connectivity index (χ3v) is 4.74. The van der Waals surface area contributed by atoms with Gasteiger partial charge in [0.25, 0.3) is 5.56 Å². The molecule has 0 bridgehead atoms. The number of carbonyl (C=O) groups excluding carboxylic acids is 2. The van der Waals surface area contributed by atoms with E-state index < -0.39 is 48.3 Å². The highest BCUT2D eigenvalue weighted by molar-refractivity contribution is 5.94. The van der Waals surface area contributed by atoms with Gasteiger partial charge in [-0.3, -0.25) is 19.2 Å². The summed E-state index contributed by atoms with van der Waals surface area (Å²) in [7, 11) is 0. The predicted molar refractivity (Wildman–Crippen MR) is 107 cm³/mol. The molecule has 1 aromatic heterocycles. The number of aliphatic carboxylic acids is 1. The van der Waals surface area contributed by atoms with E-state index in [4.69, 9.17) is 5.11 Å². The largest absolute Gasteiger partial charge is 0.481 e. The van der Waals surface area contributed by atoms with Crippen LogP contribution in [0.1, 0.15) is 42.4 Å². The molecule has 0 saturated carbocycles. The number of aromatic nitrogens is 2. The molecule has 30 heavy (non-hydrogen) atoms. The molecule has 8 nitrogen and oxygen atoms in total. The number of carboxylic acid groups (broad SMARTS) is 1. The maximum absolute atomic E-state index is 13.1. The number of aryl methyl sites for hydroxylation is 1. The molecular weight excluding hydrogens is 393 g/mol. The first kappa shape index (κ1) is 22.9. The van der Waals surface area contributed by atoms with E-state index in [9.17, 15) is 23.6 Å². The zero-order chi connectivity index (χ0) is 22.3. The Kier molecular flexibility index (Phi) is 7.97. The Bertz CT molecular complexity index is 974. The lowest BCUT2D eigenvalue weighted by Crippen LogP contribution is -2.46. The molecule has 2 N–H and O–H groups in total. The SMILES string of the molecule is CCC(C(=O)NC(CC(=O)O)C(=O)CF)c1c(C)cnn(Cc2ccccc2)c1=O. The van der Waals surface area contributed by atoms with E-state index in [0.29, 0.717) is 5.56 Å². The summed E-state index contributed by atoms with van der Waals surface area (Å²) >= 11 is 0. The maximum Gasteiger partial charge on any atom is 0.305 e. The zero-order valence-corrected chi connectivity index (χ0v) is 16.8. The van der Waals surface area contributed by atoms with Gasteiger partial charge in [0.05, 0.1) is 25.1 Å². The van der Waals surface area contributed by atoms with E-state index in [-0.39, 0.29) is 18.5 Å². The van der Waals surface area contributed by atoms with E-state index in [2.05, 4.69) is 10.4 Å². The van der Waals surface area contributed by atoms with Crippen molar-refractivity contribution < 1.29 is 23.9 Å². The van der Waals surface area contributed by atoms with Crippen molar-refractivity contribution in [1.82, 2.24) is 15.1 Å². The lowest BCUT2D eigenvalue weighted by atomic mass is 9.93. The Morgan fingerprint density at radius 3 is 2.47 bits per heavy atom. The number of nitrogens with one attached hydrogen (secondary N) is 1. The van der Waals surface area contributed by atoms with Crippen LogP contribution in [0.15, 0.2) is 41.3 Å². The molecule has 2 rings (SSSR count). The molecule has 9 heteroatoms. The Morgan fingerprint density at radius 2 is 1.90 bits per heavy atom. The summed E-state index contributed by atoms with van der Waals surface area (Å²) in [5.41, 5.74) is 1.11. The summed E-state index contributed by atoms with van der Waals surface area (Å²) in [6, 6.07) is 7.71. The number of alkyl halides is 1. The molecule has 2 unspecified atom stereocenters. The van der Waals surface area contributed by atoms with E-state index in [0.717, 1.165) is 5.56 Å². The standard InChI is InChI=1S/C21H24FN3O5/c1-3-15(20(29)24-16(9-18(27)28)17(26)10-22)19-13(2)11-23-25(21(19)30)12-14-7-5-4-6-8-14/h4-8,11,15-16H,3,9-10,12H2,1-2H3,(H,24,29)(H,27,28). The number of carboxylic acids is 1. The fourth-order valence-corrected chi connectivity index (χ4v) is 3.18. The minimum atomic E-state index is -1.50. The normalized spacial score (nSPS) is 12.8. The van der Waals surface area contributed by atoms with Crippen molar-refractivity contribution in [1.29, 1.82) is 0 Å². The molecule has 1 amide bonds. The van der Waals surface area contributed by atoms with Crippen LogP contribution in [0.5, 0.6) is 0 Å². The third-order valence-electron chi connectivity index (χ3n) is 4.74. The Balaban J connectivity index is 2.35. The van der Waals surface area contributed by atoms with Crippen LogP contribution in [0.4, 0.5) is 4.39 Å². The monoisotopic (exact) mass is 417 g/mol. The number of hydrogen-bond acceptors (Lipinski definition) is 5. The quantitative estimate of drug-likeness (QED) is 0.606. The highest BCUT2D eigenvalue weighted by Crippen LogP contribution is 2.20. The molecule has 0 saturated heterocycles. The number of nitrogens with zero attached hydrogens (tertiary/aromatic N) is 2. The van der Waals surface area contributed by atoms with Crippen molar-refractivity contribution in [3.63, 3.8) is 0 Å². The summed E-state index contributed by atoms with van der Waals surface area (Å²) in [5, 5.41) is 15.4. The maximum atomic E-state index is 13.1. The van der Waals surface area contributed by atoms with Crippen molar-refractivity contribution in [2.75, 3.05) is 6.67 Å². The fraction of sp³-hybridized carbons (Fsp3) is 0.381. The molecule has 0 fully saturated rings. The van der Waals surface area contributed by atoms with Crippen LogP contribution >= 0.6 is 0 Å². The van der Waals surface area contributed by atoms with Crippen molar-refractivity contribution in [2.45, 2.75) is 45.2 Å². The number of ketones is 1. The van der Waals surface area contributed by atoms with Gasteiger partial charge >= 0.3 is 5.97 Å². The number of Topliss-reactive ketones (excluding diaryl/α,β-unsaturated/α-hetero) is 1. The van der Waals surface area contributed by atoms with Crippen LogP contribution in [0.3, 0.4) is 0 Å². The number of rotatable bonds is 10. The second-order valence-electron chi connectivity index (χ2n) is 6.91. The minimum Gasteiger partial charge on any atom is -0.481 e. The van der Waals surface area contributed by atoms with E-state index >= 15 is 0 Å². The number of hydrogen-bond donors (Lipinski definition) is 2. The Morgan fingerprint density at radius 1 is 1.23 bits per heavy atom. The van der Waals surface area contributed by atoms with Gasteiger partial charge in [0, 0.05) is 5.56 Å². The van der Waals surface area contributed by atoms with E-state index in [1.165, 1.54) is 10.9 Å². The smallest absolute Gasteiger partial charge is 0.305 e. The van der Waals surface area contributed by atoms with Gasteiger partial charge in [-0.1, -0.05) is 37.3 Å². The third kappa shape index (κ3) is 5.59. The first-order valence-corrected chi connectivity index (χ1v) is 9.49. The molecule has 1 aromatic carbocycles. The van der Waals surface area contributed by atoms with Gasteiger partial charge in [-0.05, 0) is 24.5 Å². The molecule has 0 aliphatic rings. The average molecular weight is 417 g/mol. The molecule has 1 heterocycles. The van der Waals surface area contributed by atoms with Gasteiger partial charge in [0.1, 0.15) is 12.7 Å². The summed E-state index contributed by atoms with van der Waals surface area (Å²) in [6.45, 7) is 2.16. The molecule has 160 valence electrons. The average Bonchev–Trinajstić information content (AvgIpc) is 2.72. The lowest BCUT2D eigenvalue weighted by molar-refractivity contribution is -0.140. The van der Waals surface area contributed by atoms with Crippen LogP contribution < -0.4 is 10.9 Å². The van der Waals surface area contributed by atoms with Gasteiger partial charge < -0.3 is 10.4 Å². The minimum absolute atomic E-state index is 0.211. The van der Waals surface area contributed by atoms with Crippen molar-refractivity contribution in [3.05, 3.63) is 63.6 Å². The van der Waals surface area contributed by atoms with Crippen LogP contribution in [0.25, 0.3) is 0 Å². The highest BCUT2D eigenvalue weighted by atomic mass is 19.1. The molecule has 0 radical (unpaired) electrons. The predicted octanol–water partition coefficient (Wildman–Crippen LogP) is 1.59. The van der Waals surface area contributed by atoms with Gasteiger partial charge in [-0.15, -0.1) is 0 Å². The van der Waals surface area contributed by atoms with Crippen LogP contribution in [-0.4, -0.2) is 45.3 Å². The second-order valence-corrected chi connectivity index (χ2v) is 6.91. The van der Waals surface area contributed by atoms with Crippen LogP contribution in [0, 0.1) is 6.92 Å². The Labute approximate surface area is 172 Å². The molecule has 2 aromatic rings. The zero-order valence-electron chi connectivity index (χ0n) is 16.8. The number of halogens is 1. The molecule has 2 atom stereocenters. The molecule has 0 spiro atoms. The summed E-state index contributed by atoms with van der Waals surface area (Å²) in [4.78, 5) is 48.5. The lowest BCUT2D eigenvalue weighted by Gasteiger charge is -2.21. The summed E-state index contributed by atoms with van der Waals surface area (Å²) in [6.07, 6.45) is 0.969. The first-order chi connectivity index (χ1) is 14.3. The van der Waals surface area contributed by atoms with Gasteiger partial charge in [-0.25, -0.2) is 9.07 Å². The number of carbonyl (C=O) groups is 3. The summed E-state index contributed by atoms with van der Waals surface area (Å²) in [5.74, 6) is -4.02. The molecule has 0 aliphatic heterocycles. The van der Waals surface area contributed by atoms with Crippen LogP contribution in [0.2, 0.25) is 0 Å². The van der Waals surface area contributed by atoms with Crippen LogP contribution in [-0.2, 0) is 20.9 Å². The fourth-order valence-electron chi connectivity index (χ4n) is 3.18. The highest BCUT2D eigenvalue weighted by Gasteiger charge is 2.30. The second kappa shape index (κ2) is 10.4. The van der Waals surface area contributed by atoms with Gasteiger partial charge in [-0.2, -0.15) is 5.10 Å². The Hall–Kier alpha value is -3.36. The number of amides is 1. The first-order valence-electron chi connectivity index (χ1n) is 9.49. The van der Waals surface area contributed by atoms with Crippen molar-refractivity contribution in [2.24, 2.45) is 0 Å². The van der Waals surface area contributed by atoms with Gasteiger partial charge in [0.2, 0.25) is 5.91 Å². The topological polar surface area (TPSA) is 118 Å². The van der Waals surface area contributed by atoms with E-state index in [1.54, 1.807) is 13.8 Å². The number of benzene rings is 1. The van der Waals surface area contributed by atoms with E-state index in [1.807, 2.05) is 30.3 Å². The molecule has 0 aliphatic carbocycles. The molecular formula is C21H24FN3O5.